The molecule has 1 unspecified atom stereocenters. The lowest BCUT2D eigenvalue weighted by atomic mass is 10.1. The molecule has 1 aromatic carbocycles. The summed E-state index contributed by atoms with van der Waals surface area (Å²) < 4.78 is 26.5. The predicted octanol–water partition coefficient (Wildman–Crippen LogP) is 1.48. The molecule has 2 rings (SSSR count). The van der Waals surface area contributed by atoms with E-state index in [-0.39, 0.29) is 0 Å². The lowest BCUT2D eigenvalue weighted by molar-refractivity contribution is 0.464. The number of aryl methyl sites for hydroxylation is 1. The topological polar surface area (TPSA) is 63.4 Å². The van der Waals surface area contributed by atoms with Crippen LogP contribution in [0, 0.1) is 12.8 Å². The van der Waals surface area contributed by atoms with Crippen LogP contribution in [0.25, 0.3) is 0 Å². The molecule has 1 aliphatic heterocycles. The van der Waals surface area contributed by atoms with Crippen molar-refractivity contribution in [1.29, 1.82) is 0 Å². The predicted molar refractivity (Wildman–Crippen MR) is 71.6 cm³/mol. The van der Waals surface area contributed by atoms with Gasteiger partial charge in [-0.1, -0.05) is 13.0 Å². The summed E-state index contributed by atoms with van der Waals surface area (Å²) >= 11 is 0. The first-order valence-electron chi connectivity index (χ1n) is 6.25. The average molecular weight is 268 g/mol. The van der Waals surface area contributed by atoms with Gasteiger partial charge < -0.3 is 5.73 Å². The first kappa shape index (κ1) is 13.5. The number of nitrogens with zero attached hydrogens (tertiary/aromatic N) is 1. The molecule has 0 radical (unpaired) electrons. The summed E-state index contributed by atoms with van der Waals surface area (Å²) in [6, 6.07) is 5.20. The Labute approximate surface area is 109 Å². The Kier molecular flexibility index (Phi) is 3.75. The Morgan fingerprint density at radius 1 is 1.44 bits per heavy atom. The Morgan fingerprint density at radius 3 is 2.72 bits per heavy atom. The molecule has 1 fully saturated rings. The maximum absolute atomic E-state index is 12.4. The van der Waals surface area contributed by atoms with Gasteiger partial charge in [0.1, 0.15) is 0 Å². The van der Waals surface area contributed by atoms with E-state index in [0.717, 1.165) is 17.5 Å². The van der Waals surface area contributed by atoms with Crippen molar-refractivity contribution in [1.82, 2.24) is 4.31 Å². The van der Waals surface area contributed by atoms with Crippen molar-refractivity contribution in [2.75, 3.05) is 13.1 Å². The number of benzene rings is 1. The number of rotatable bonds is 3. The van der Waals surface area contributed by atoms with E-state index in [2.05, 4.69) is 6.92 Å². The van der Waals surface area contributed by atoms with E-state index in [9.17, 15) is 8.42 Å². The summed E-state index contributed by atoms with van der Waals surface area (Å²) in [5, 5.41) is 0. The van der Waals surface area contributed by atoms with Gasteiger partial charge in [0.15, 0.2) is 0 Å². The molecule has 5 heteroatoms. The van der Waals surface area contributed by atoms with Crippen LogP contribution in [-0.4, -0.2) is 25.8 Å². The Hall–Kier alpha value is -0.910. The standard InChI is InChI=1S/C13H20N2O2S/c1-10-5-6-15(9-10)18(16,17)13-4-3-11(2)12(7-13)8-14/h3-4,7,10H,5-6,8-9,14H2,1-2H3. The molecule has 100 valence electrons. The molecule has 0 spiro atoms. The minimum atomic E-state index is -3.34. The van der Waals surface area contributed by atoms with E-state index in [4.69, 9.17) is 5.73 Å². The summed E-state index contributed by atoms with van der Waals surface area (Å²) in [6.07, 6.45) is 0.939. The van der Waals surface area contributed by atoms with Crippen molar-refractivity contribution < 1.29 is 8.42 Å². The van der Waals surface area contributed by atoms with Crippen LogP contribution in [0.5, 0.6) is 0 Å². The first-order valence-corrected chi connectivity index (χ1v) is 7.69. The van der Waals surface area contributed by atoms with Gasteiger partial charge in [-0.15, -0.1) is 0 Å². The molecule has 0 saturated carbocycles. The molecule has 1 aliphatic rings. The molecule has 1 aromatic rings. The molecule has 0 amide bonds. The second kappa shape index (κ2) is 4.99. The molecule has 18 heavy (non-hydrogen) atoms. The minimum Gasteiger partial charge on any atom is -0.326 e. The smallest absolute Gasteiger partial charge is 0.243 e. The van der Waals surface area contributed by atoms with Crippen LogP contribution in [0.3, 0.4) is 0 Å². The zero-order chi connectivity index (χ0) is 13.3. The zero-order valence-corrected chi connectivity index (χ0v) is 11.7. The number of hydrogen-bond donors (Lipinski definition) is 1. The summed E-state index contributed by atoms with van der Waals surface area (Å²) in [7, 11) is -3.34. The fourth-order valence-electron chi connectivity index (χ4n) is 2.29. The van der Waals surface area contributed by atoms with Crippen molar-refractivity contribution in [3.8, 4) is 0 Å². The third-order valence-electron chi connectivity index (χ3n) is 3.56. The quantitative estimate of drug-likeness (QED) is 0.903. The molecular weight excluding hydrogens is 248 g/mol. The summed E-state index contributed by atoms with van der Waals surface area (Å²) in [4.78, 5) is 0.364. The molecular formula is C13H20N2O2S. The van der Waals surface area contributed by atoms with Gasteiger partial charge in [0.05, 0.1) is 4.90 Å². The fourth-order valence-corrected chi connectivity index (χ4v) is 3.92. The van der Waals surface area contributed by atoms with E-state index >= 15 is 0 Å². The first-order chi connectivity index (χ1) is 8.45. The Bertz CT molecular complexity index is 540. The van der Waals surface area contributed by atoms with Gasteiger partial charge >= 0.3 is 0 Å². The molecule has 1 atom stereocenters. The van der Waals surface area contributed by atoms with Crippen molar-refractivity contribution in [2.45, 2.75) is 31.7 Å². The van der Waals surface area contributed by atoms with Crippen molar-refractivity contribution in [3.63, 3.8) is 0 Å². The van der Waals surface area contributed by atoms with E-state index in [1.54, 1.807) is 16.4 Å². The van der Waals surface area contributed by atoms with Gasteiger partial charge in [-0.2, -0.15) is 4.31 Å². The SMILES string of the molecule is Cc1ccc(S(=O)(=O)N2CCC(C)C2)cc1CN. The van der Waals surface area contributed by atoms with E-state index in [1.165, 1.54) is 0 Å². The minimum absolute atomic E-state index is 0.364. The maximum atomic E-state index is 12.4. The highest BCUT2D eigenvalue weighted by Crippen LogP contribution is 2.25. The molecule has 0 bridgehead atoms. The van der Waals surface area contributed by atoms with Gasteiger partial charge in [0.25, 0.3) is 0 Å². The molecule has 0 aliphatic carbocycles. The normalized spacial score (nSPS) is 21.4. The third-order valence-corrected chi connectivity index (χ3v) is 5.43. The maximum Gasteiger partial charge on any atom is 0.243 e. The Morgan fingerprint density at radius 2 is 2.17 bits per heavy atom. The van der Waals surface area contributed by atoms with Gasteiger partial charge in [-0.25, -0.2) is 8.42 Å². The van der Waals surface area contributed by atoms with Crippen molar-refractivity contribution >= 4 is 10.0 Å². The van der Waals surface area contributed by atoms with Crippen LogP contribution in [0.15, 0.2) is 23.1 Å². The largest absolute Gasteiger partial charge is 0.326 e. The third kappa shape index (κ3) is 2.43. The van der Waals surface area contributed by atoms with Gasteiger partial charge in [-0.05, 0) is 42.5 Å². The Balaban J connectivity index is 2.35. The highest BCUT2D eigenvalue weighted by molar-refractivity contribution is 7.89. The fraction of sp³-hybridized carbons (Fsp3) is 0.538. The molecule has 4 nitrogen and oxygen atoms in total. The second-order valence-electron chi connectivity index (χ2n) is 5.05. The molecule has 0 aromatic heterocycles. The van der Waals surface area contributed by atoms with Crippen LogP contribution < -0.4 is 5.73 Å². The second-order valence-corrected chi connectivity index (χ2v) is 6.99. The highest BCUT2D eigenvalue weighted by atomic mass is 32.2. The monoisotopic (exact) mass is 268 g/mol. The van der Waals surface area contributed by atoms with Crippen molar-refractivity contribution in [2.24, 2.45) is 11.7 Å². The zero-order valence-electron chi connectivity index (χ0n) is 10.9. The summed E-state index contributed by atoms with van der Waals surface area (Å²) in [5.74, 6) is 0.444. The van der Waals surface area contributed by atoms with Crippen LogP contribution in [0.2, 0.25) is 0 Å². The molecule has 2 N–H and O–H groups in total. The van der Waals surface area contributed by atoms with Crippen LogP contribution >= 0.6 is 0 Å². The summed E-state index contributed by atoms with van der Waals surface area (Å²) in [6.45, 7) is 5.63. The van der Waals surface area contributed by atoms with Crippen molar-refractivity contribution in [3.05, 3.63) is 29.3 Å². The number of nitrogens with two attached hydrogens (primary N) is 1. The number of sulfonamides is 1. The van der Waals surface area contributed by atoms with Gasteiger partial charge in [-0.3, -0.25) is 0 Å². The molecule has 1 heterocycles. The van der Waals surface area contributed by atoms with Crippen LogP contribution in [-0.2, 0) is 16.6 Å². The lowest BCUT2D eigenvalue weighted by Gasteiger charge is -2.17. The van der Waals surface area contributed by atoms with Gasteiger partial charge in [0.2, 0.25) is 10.0 Å². The number of hydrogen-bond acceptors (Lipinski definition) is 3. The molecule has 1 saturated heterocycles. The van der Waals surface area contributed by atoms with Crippen LogP contribution in [0.4, 0.5) is 0 Å². The van der Waals surface area contributed by atoms with E-state index in [0.29, 0.717) is 30.4 Å². The lowest BCUT2D eigenvalue weighted by Crippen LogP contribution is -2.28. The van der Waals surface area contributed by atoms with E-state index in [1.807, 2.05) is 13.0 Å². The average Bonchev–Trinajstić information content (AvgIpc) is 2.77. The van der Waals surface area contributed by atoms with Crippen LogP contribution in [0.1, 0.15) is 24.5 Å². The highest BCUT2D eigenvalue weighted by Gasteiger charge is 2.30. The van der Waals surface area contributed by atoms with E-state index < -0.39 is 10.0 Å². The van der Waals surface area contributed by atoms with Gasteiger partial charge in [0, 0.05) is 19.6 Å². The summed E-state index contributed by atoms with van der Waals surface area (Å²) in [5.41, 5.74) is 7.56.